The van der Waals surface area contributed by atoms with Crippen molar-refractivity contribution in [3.63, 3.8) is 0 Å². The van der Waals surface area contributed by atoms with Crippen LogP contribution in [0.1, 0.15) is 24.9 Å². The summed E-state index contributed by atoms with van der Waals surface area (Å²) in [7, 11) is -3.66. The first-order chi connectivity index (χ1) is 12.6. The zero-order valence-corrected chi connectivity index (χ0v) is 15.6. The highest BCUT2D eigenvalue weighted by molar-refractivity contribution is 7.92. The van der Waals surface area contributed by atoms with Gasteiger partial charge in [0.1, 0.15) is 5.82 Å². The van der Waals surface area contributed by atoms with Crippen molar-refractivity contribution in [1.82, 2.24) is 5.32 Å². The maximum Gasteiger partial charge on any atom is 0.229 e. The van der Waals surface area contributed by atoms with Crippen LogP contribution in [0.15, 0.2) is 48.5 Å². The number of nitrogens with one attached hydrogen (secondary N) is 3. The highest BCUT2D eigenvalue weighted by Gasteiger charge is 2.17. The molecule has 1 atom stereocenters. The van der Waals surface area contributed by atoms with Crippen molar-refractivity contribution in [2.24, 2.45) is 0 Å². The normalized spacial score (nSPS) is 12.1. The SMILES string of the molecule is CC(=O)N[C@@H](CC(=O)Nc1ccc(F)c(NS(C)(=O)=O)c1)c1ccccc1. The van der Waals surface area contributed by atoms with Crippen LogP contribution >= 0.6 is 0 Å². The number of hydrogen-bond donors (Lipinski definition) is 3. The van der Waals surface area contributed by atoms with Crippen LogP contribution < -0.4 is 15.4 Å². The fourth-order valence-electron chi connectivity index (χ4n) is 2.46. The smallest absolute Gasteiger partial charge is 0.229 e. The molecule has 2 aromatic carbocycles. The number of carbonyl (C=O) groups excluding carboxylic acids is 2. The Balaban J connectivity index is 2.13. The van der Waals surface area contributed by atoms with Crippen molar-refractivity contribution >= 4 is 33.2 Å². The predicted octanol–water partition coefficient (Wildman–Crippen LogP) is 2.40. The average molecular weight is 393 g/mol. The lowest BCUT2D eigenvalue weighted by molar-refractivity contribution is -0.120. The van der Waals surface area contributed by atoms with E-state index < -0.39 is 27.8 Å². The van der Waals surface area contributed by atoms with E-state index in [0.717, 1.165) is 17.9 Å². The van der Waals surface area contributed by atoms with Crippen molar-refractivity contribution < 1.29 is 22.4 Å². The molecule has 144 valence electrons. The molecule has 0 aliphatic rings. The third-order valence-electron chi connectivity index (χ3n) is 3.51. The summed E-state index contributed by atoms with van der Waals surface area (Å²) >= 11 is 0. The third kappa shape index (κ3) is 6.70. The molecular weight excluding hydrogens is 373 g/mol. The quantitative estimate of drug-likeness (QED) is 0.672. The van der Waals surface area contributed by atoms with E-state index in [1.54, 1.807) is 24.3 Å². The minimum absolute atomic E-state index is 0.0458. The van der Waals surface area contributed by atoms with Gasteiger partial charge >= 0.3 is 0 Å². The molecule has 0 spiro atoms. The van der Waals surface area contributed by atoms with Crippen molar-refractivity contribution in [3.8, 4) is 0 Å². The maximum absolute atomic E-state index is 13.7. The zero-order valence-electron chi connectivity index (χ0n) is 14.8. The minimum Gasteiger partial charge on any atom is -0.349 e. The van der Waals surface area contributed by atoms with Gasteiger partial charge in [0.15, 0.2) is 0 Å². The van der Waals surface area contributed by atoms with Gasteiger partial charge in [-0.05, 0) is 23.8 Å². The second-order valence-corrected chi connectivity index (χ2v) is 7.73. The van der Waals surface area contributed by atoms with E-state index in [1.165, 1.54) is 19.1 Å². The molecule has 0 aliphatic heterocycles. The number of carbonyl (C=O) groups is 2. The highest BCUT2D eigenvalue weighted by atomic mass is 32.2. The lowest BCUT2D eigenvalue weighted by atomic mass is 10.0. The number of hydrogen-bond acceptors (Lipinski definition) is 4. The molecule has 2 rings (SSSR count). The average Bonchev–Trinajstić information content (AvgIpc) is 2.56. The molecule has 0 bridgehead atoms. The first kappa shape index (κ1) is 20.4. The van der Waals surface area contributed by atoms with Gasteiger partial charge in [0.2, 0.25) is 21.8 Å². The Bertz CT molecular complexity index is 933. The molecule has 7 nitrogen and oxygen atoms in total. The van der Waals surface area contributed by atoms with E-state index in [-0.39, 0.29) is 23.7 Å². The molecule has 2 aromatic rings. The van der Waals surface area contributed by atoms with Gasteiger partial charge in [0, 0.05) is 12.6 Å². The van der Waals surface area contributed by atoms with E-state index in [9.17, 15) is 22.4 Å². The maximum atomic E-state index is 13.7. The van der Waals surface area contributed by atoms with Crippen LogP contribution in [0.2, 0.25) is 0 Å². The summed E-state index contributed by atoms with van der Waals surface area (Å²) in [6.07, 6.45) is 0.853. The van der Waals surface area contributed by atoms with Crippen LogP contribution in [0.4, 0.5) is 15.8 Å². The Kier molecular flexibility index (Phi) is 6.51. The van der Waals surface area contributed by atoms with Crippen LogP contribution in [0, 0.1) is 5.82 Å². The van der Waals surface area contributed by atoms with E-state index in [4.69, 9.17) is 0 Å². The largest absolute Gasteiger partial charge is 0.349 e. The van der Waals surface area contributed by atoms with Gasteiger partial charge in [0.25, 0.3) is 0 Å². The molecule has 27 heavy (non-hydrogen) atoms. The number of rotatable bonds is 7. The number of halogens is 1. The van der Waals surface area contributed by atoms with Crippen LogP contribution in [0.25, 0.3) is 0 Å². The molecule has 9 heteroatoms. The Morgan fingerprint density at radius 3 is 2.37 bits per heavy atom. The Morgan fingerprint density at radius 1 is 1.11 bits per heavy atom. The summed E-state index contributed by atoms with van der Waals surface area (Å²) in [6, 6.07) is 12.0. The van der Waals surface area contributed by atoms with E-state index in [2.05, 4.69) is 10.6 Å². The van der Waals surface area contributed by atoms with Crippen molar-refractivity contribution in [1.29, 1.82) is 0 Å². The summed E-state index contributed by atoms with van der Waals surface area (Å²) in [6.45, 7) is 1.36. The van der Waals surface area contributed by atoms with E-state index in [0.29, 0.717) is 0 Å². The van der Waals surface area contributed by atoms with Crippen LogP contribution in [0.3, 0.4) is 0 Å². The molecule has 3 N–H and O–H groups in total. The third-order valence-corrected chi connectivity index (χ3v) is 4.11. The van der Waals surface area contributed by atoms with Gasteiger partial charge in [-0.2, -0.15) is 0 Å². The zero-order chi connectivity index (χ0) is 20.0. The first-order valence-electron chi connectivity index (χ1n) is 8.03. The summed E-state index contributed by atoms with van der Waals surface area (Å²) in [5, 5.41) is 5.29. The van der Waals surface area contributed by atoms with Gasteiger partial charge in [-0.25, -0.2) is 12.8 Å². The van der Waals surface area contributed by atoms with Gasteiger partial charge in [-0.15, -0.1) is 0 Å². The second kappa shape index (κ2) is 8.63. The second-order valence-electron chi connectivity index (χ2n) is 5.98. The lowest BCUT2D eigenvalue weighted by Crippen LogP contribution is -2.29. The number of anilines is 2. The lowest BCUT2D eigenvalue weighted by Gasteiger charge is -2.18. The molecule has 0 aromatic heterocycles. The molecule has 0 aliphatic carbocycles. The standard InChI is InChI=1S/C18H20FN3O4S/c1-12(23)20-16(13-6-4-3-5-7-13)11-18(24)21-14-8-9-15(19)17(10-14)22-27(2,25)26/h3-10,16,22H,11H2,1-2H3,(H,20,23)(H,21,24)/t16-/m0/s1. The molecular formula is C18H20FN3O4S. The molecule has 0 saturated carbocycles. The Hall–Kier alpha value is -2.94. The van der Waals surface area contributed by atoms with E-state index >= 15 is 0 Å². The molecule has 0 saturated heterocycles. The molecule has 0 radical (unpaired) electrons. The molecule has 0 fully saturated rings. The van der Waals surface area contributed by atoms with Gasteiger partial charge in [-0.3, -0.25) is 14.3 Å². The van der Waals surface area contributed by atoms with Crippen molar-refractivity contribution in [3.05, 3.63) is 59.9 Å². The molecule has 0 heterocycles. The van der Waals surface area contributed by atoms with Crippen LogP contribution in [-0.4, -0.2) is 26.5 Å². The van der Waals surface area contributed by atoms with Gasteiger partial charge in [-0.1, -0.05) is 30.3 Å². The molecule has 2 amide bonds. The Labute approximate surface area is 157 Å². The van der Waals surface area contributed by atoms with Gasteiger partial charge < -0.3 is 10.6 Å². The minimum atomic E-state index is -3.66. The summed E-state index contributed by atoms with van der Waals surface area (Å²) in [5.41, 5.74) is 0.723. The number of sulfonamides is 1. The van der Waals surface area contributed by atoms with Crippen molar-refractivity contribution in [2.45, 2.75) is 19.4 Å². The summed E-state index contributed by atoms with van der Waals surface area (Å²) < 4.78 is 38.3. The highest BCUT2D eigenvalue weighted by Crippen LogP contribution is 2.22. The van der Waals surface area contributed by atoms with Crippen LogP contribution in [0.5, 0.6) is 0 Å². The summed E-state index contributed by atoms with van der Waals surface area (Å²) in [4.78, 5) is 23.8. The monoisotopic (exact) mass is 393 g/mol. The van der Waals surface area contributed by atoms with Gasteiger partial charge in [0.05, 0.1) is 24.4 Å². The van der Waals surface area contributed by atoms with E-state index in [1.807, 2.05) is 10.8 Å². The van der Waals surface area contributed by atoms with Crippen LogP contribution in [-0.2, 0) is 19.6 Å². The predicted molar refractivity (Wildman–Crippen MR) is 101 cm³/mol. The number of benzene rings is 2. The Morgan fingerprint density at radius 2 is 1.78 bits per heavy atom. The first-order valence-corrected chi connectivity index (χ1v) is 9.92. The summed E-state index contributed by atoms with van der Waals surface area (Å²) in [5.74, 6) is -1.47. The fourth-order valence-corrected chi connectivity index (χ4v) is 3.02. The fraction of sp³-hybridized carbons (Fsp3) is 0.222. The van der Waals surface area contributed by atoms with Crippen molar-refractivity contribution in [2.75, 3.05) is 16.3 Å². The topological polar surface area (TPSA) is 104 Å². The molecule has 0 unspecified atom stereocenters. The number of amides is 2.